The van der Waals surface area contributed by atoms with Crippen molar-refractivity contribution in [1.82, 2.24) is 0 Å². The van der Waals surface area contributed by atoms with E-state index in [-0.39, 0.29) is 0 Å². The minimum atomic E-state index is -2.17. The van der Waals surface area contributed by atoms with Crippen LogP contribution >= 0.6 is 17.7 Å². The fourth-order valence-corrected chi connectivity index (χ4v) is 0. The van der Waals surface area contributed by atoms with E-state index in [1.165, 1.54) is 0 Å². The van der Waals surface area contributed by atoms with Gasteiger partial charge in [0.05, 0.1) is 0 Å². The first-order chi connectivity index (χ1) is 2.56. The van der Waals surface area contributed by atoms with Crippen molar-refractivity contribution >= 4 is 17.7 Å². The van der Waals surface area contributed by atoms with E-state index < -0.39 is 6.49 Å². The molecule has 0 aromatic rings. The van der Waals surface area contributed by atoms with Crippen LogP contribution in [0.15, 0.2) is 0 Å². The average molecular weight is 127 g/mol. The van der Waals surface area contributed by atoms with Gasteiger partial charge >= 0.3 is 0 Å². The first kappa shape index (κ1) is 6.52. The molecule has 1 atom stereocenters. The van der Waals surface area contributed by atoms with E-state index in [0.29, 0.717) is 6.16 Å². The molecule has 6 heavy (non-hydrogen) atoms. The Morgan fingerprint density at radius 2 is 2.00 bits per heavy atom. The second-order valence-corrected chi connectivity index (χ2v) is 6.05. The van der Waals surface area contributed by atoms with Crippen molar-refractivity contribution in [1.29, 1.82) is 0 Å². The highest BCUT2D eigenvalue weighted by molar-refractivity contribution is 7.88. The molecule has 3 heteroatoms. The van der Waals surface area contributed by atoms with Gasteiger partial charge in [-0.05, 0) is 0 Å². The molecule has 0 fully saturated rings. The summed E-state index contributed by atoms with van der Waals surface area (Å²) in [5.74, 6) is 0. The Morgan fingerprint density at radius 1 is 1.83 bits per heavy atom. The monoisotopic (exact) mass is 126 g/mol. The van der Waals surface area contributed by atoms with Gasteiger partial charge in [0.15, 0.2) is 6.49 Å². The first-order valence-corrected chi connectivity index (χ1v) is 5.07. The maximum Gasteiger partial charge on any atom is 0.166 e. The van der Waals surface area contributed by atoms with Gasteiger partial charge < -0.3 is 4.57 Å². The third-order valence-electron chi connectivity index (χ3n) is 0.565. The van der Waals surface area contributed by atoms with Crippen LogP contribution in [0.25, 0.3) is 0 Å². The Hall–Kier alpha value is 0.520. The quantitative estimate of drug-likeness (QED) is 0.492. The van der Waals surface area contributed by atoms with Gasteiger partial charge in [0.25, 0.3) is 0 Å². The summed E-state index contributed by atoms with van der Waals surface area (Å²) in [4.78, 5) is 0. The molecule has 0 aromatic heterocycles. The normalized spacial score (nSPS) is 19.8. The summed E-state index contributed by atoms with van der Waals surface area (Å²) in [7, 11) is 0. The molecule has 1 nitrogen and oxygen atoms in total. The van der Waals surface area contributed by atoms with E-state index in [1.807, 2.05) is 6.92 Å². The van der Waals surface area contributed by atoms with Gasteiger partial charge in [-0.25, -0.2) is 0 Å². The molecule has 0 spiro atoms. The molecular weight excluding hydrogens is 118 g/mol. The molecule has 0 aliphatic rings. The van der Waals surface area contributed by atoms with Gasteiger partial charge in [-0.3, -0.25) is 0 Å². The van der Waals surface area contributed by atoms with Crippen LogP contribution in [0.2, 0.25) is 0 Å². The zero-order valence-corrected chi connectivity index (χ0v) is 5.59. The molecule has 38 valence electrons. The fraction of sp³-hybridized carbons (Fsp3) is 1.00. The second kappa shape index (κ2) is 1.99. The van der Waals surface area contributed by atoms with Gasteiger partial charge in [-0.15, -0.1) is 0 Å². The molecular formula is C3H8ClOP. The minimum absolute atomic E-state index is 0.592. The molecule has 0 aromatic carbocycles. The van der Waals surface area contributed by atoms with Crippen molar-refractivity contribution in [3.63, 3.8) is 0 Å². The predicted octanol–water partition coefficient (Wildman–Crippen LogP) is 2.15. The van der Waals surface area contributed by atoms with Crippen LogP contribution in [0.3, 0.4) is 0 Å². The van der Waals surface area contributed by atoms with Gasteiger partial charge in [0.2, 0.25) is 0 Å². The second-order valence-electron chi connectivity index (χ2n) is 1.30. The summed E-state index contributed by atoms with van der Waals surface area (Å²) in [6.45, 7) is 1.20. The van der Waals surface area contributed by atoms with E-state index >= 15 is 0 Å². The molecule has 0 saturated carbocycles. The Labute approximate surface area is 42.9 Å². The van der Waals surface area contributed by atoms with Crippen molar-refractivity contribution in [2.24, 2.45) is 0 Å². The lowest BCUT2D eigenvalue weighted by Gasteiger charge is -1.92. The van der Waals surface area contributed by atoms with Crippen LogP contribution in [0.1, 0.15) is 6.92 Å². The van der Waals surface area contributed by atoms with E-state index in [0.717, 1.165) is 0 Å². The van der Waals surface area contributed by atoms with Crippen LogP contribution in [-0.4, -0.2) is 12.8 Å². The number of hydrogen-bond acceptors (Lipinski definition) is 1. The predicted molar refractivity (Wildman–Crippen MR) is 29.9 cm³/mol. The highest BCUT2D eigenvalue weighted by atomic mass is 35.7. The number of rotatable bonds is 1. The van der Waals surface area contributed by atoms with Gasteiger partial charge in [-0.1, -0.05) is 18.2 Å². The lowest BCUT2D eigenvalue weighted by atomic mass is 11.0. The van der Waals surface area contributed by atoms with E-state index in [1.54, 1.807) is 6.66 Å². The zero-order chi connectivity index (χ0) is 5.21. The first-order valence-electron chi connectivity index (χ1n) is 1.82. The van der Waals surface area contributed by atoms with Crippen molar-refractivity contribution in [2.45, 2.75) is 6.92 Å². The molecule has 0 rings (SSSR count). The number of hydrogen-bond donors (Lipinski definition) is 0. The van der Waals surface area contributed by atoms with Crippen LogP contribution in [0, 0.1) is 0 Å². The summed E-state index contributed by atoms with van der Waals surface area (Å²) in [6, 6.07) is 0. The van der Waals surface area contributed by atoms with Crippen molar-refractivity contribution in [3.8, 4) is 0 Å². The van der Waals surface area contributed by atoms with Gasteiger partial charge in [0, 0.05) is 12.8 Å². The lowest BCUT2D eigenvalue weighted by Crippen LogP contribution is -1.67. The Balaban J connectivity index is 3.48. The summed E-state index contributed by atoms with van der Waals surface area (Å²) in [6.07, 6.45) is 0.592. The molecule has 0 bridgehead atoms. The Kier molecular flexibility index (Phi) is 2.17. The molecule has 0 radical (unpaired) electrons. The minimum Gasteiger partial charge on any atom is -0.307 e. The van der Waals surface area contributed by atoms with E-state index in [2.05, 4.69) is 0 Å². The number of halogens is 1. The highest BCUT2D eigenvalue weighted by Gasteiger charge is 2.02. The fourth-order valence-electron chi connectivity index (χ4n) is 0. The molecule has 0 N–H and O–H groups in total. The molecule has 0 unspecified atom stereocenters. The van der Waals surface area contributed by atoms with Crippen LogP contribution in [0.4, 0.5) is 0 Å². The van der Waals surface area contributed by atoms with Crippen LogP contribution < -0.4 is 0 Å². The zero-order valence-electron chi connectivity index (χ0n) is 3.94. The molecule has 0 amide bonds. The van der Waals surface area contributed by atoms with Crippen LogP contribution in [0.5, 0.6) is 0 Å². The molecule has 0 saturated heterocycles. The molecule has 0 aliphatic carbocycles. The average Bonchev–Trinajstić information content (AvgIpc) is 1.35. The van der Waals surface area contributed by atoms with Crippen molar-refractivity contribution < 1.29 is 4.57 Å². The third kappa shape index (κ3) is 4.52. The van der Waals surface area contributed by atoms with Crippen molar-refractivity contribution in [2.75, 3.05) is 12.8 Å². The highest BCUT2D eigenvalue weighted by Crippen LogP contribution is 2.45. The summed E-state index contributed by atoms with van der Waals surface area (Å²) in [5, 5.41) is 0. The summed E-state index contributed by atoms with van der Waals surface area (Å²) in [5.41, 5.74) is 0. The topological polar surface area (TPSA) is 17.1 Å². The summed E-state index contributed by atoms with van der Waals surface area (Å²) >= 11 is 5.27. The maximum atomic E-state index is 10.3. The van der Waals surface area contributed by atoms with Crippen molar-refractivity contribution in [3.05, 3.63) is 0 Å². The third-order valence-corrected chi connectivity index (χ3v) is 2.41. The van der Waals surface area contributed by atoms with Crippen LogP contribution in [-0.2, 0) is 4.57 Å². The Bertz CT molecular complexity index is 74.9. The Morgan fingerprint density at radius 3 is 2.00 bits per heavy atom. The van der Waals surface area contributed by atoms with E-state index in [9.17, 15) is 4.57 Å². The van der Waals surface area contributed by atoms with Gasteiger partial charge in [0.1, 0.15) is 0 Å². The molecule has 0 heterocycles. The standard InChI is InChI=1S/C3H8ClOP/c1-3-6(2,4)5/h3H2,1-2H3/t6-/m0/s1. The smallest absolute Gasteiger partial charge is 0.166 e. The lowest BCUT2D eigenvalue weighted by molar-refractivity contribution is 0.588. The van der Waals surface area contributed by atoms with E-state index in [4.69, 9.17) is 11.2 Å². The SMILES string of the molecule is CC[P@](C)(=O)Cl. The van der Waals surface area contributed by atoms with Gasteiger partial charge in [-0.2, -0.15) is 0 Å². The summed E-state index contributed by atoms with van der Waals surface area (Å²) < 4.78 is 10.3. The largest absolute Gasteiger partial charge is 0.307 e. The molecule has 0 aliphatic heterocycles. The maximum absolute atomic E-state index is 10.3.